The third-order valence-electron chi connectivity index (χ3n) is 4.34. The van der Waals surface area contributed by atoms with Crippen molar-refractivity contribution < 1.29 is 9.53 Å². The zero-order valence-electron chi connectivity index (χ0n) is 15.9. The van der Waals surface area contributed by atoms with Gasteiger partial charge in [0.15, 0.2) is 0 Å². The predicted octanol–water partition coefficient (Wildman–Crippen LogP) is 5.02. The highest BCUT2D eigenvalue weighted by Gasteiger charge is 2.12. The van der Waals surface area contributed by atoms with E-state index in [0.29, 0.717) is 22.0 Å². The largest absolute Gasteiger partial charge is 0.495 e. The van der Waals surface area contributed by atoms with Crippen molar-refractivity contribution in [2.75, 3.05) is 23.9 Å². The van der Waals surface area contributed by atoms with Crippen molar-refractivity contribution in [1.82, 2.24) is 4.98 Å². The average Bonchev–Trinajstić information content (AvgIpc) is 2.73. The van der Waals surface area contributed by atoms with Gasteiger partial charge >= 0.3 is 0 Å². The van der Waals surface area contributed by atoms with Crippen LogP contribution in [-0.4, -0.2) is 24.5 Å². The molecule has 28 heavy (non-hydrogen) atoms. The maximum Gasteiger partial charge on any atom is 0.257 e. The van der Waals surface area contributed by atoms with Gasteiger partial charge < -0.3 is 15.0 Å². The number of nitrogens with zero attached hydrogens (tertiary/aromatic N) is 2. The molecule has 1 N–H and O–H groups in total. The maximum absolute atomic E-state index is 12.6. The second kappa shape index (κ2) is 9.24. The van der Waals surface area contributed by atoms with Crippen molar-refractivity contribution in [2.24, 2.45) is 0 Å². The molecule has 5 nitrogen and oxygen atoms in total. The van der Waals surface area contributed by atoms with Crippen LogP contribution in [0.5, 0.6) is 5.75 Å². The summed E-state index contributed by atoms with van der Waals surface area (Å²) in [7, 11) is 1.54. The highest BCUT2D eigenvalue weighted by Crippen LogP contribution is 2.28. The van der Waals surface area contributed by atoms with E-state index < -0.39 is 0 Å². The highest BCUT2D eigenvalue weighted by molar-refractivity contribution is 6.31. The number of nitrogens with one attached hydrogen (secondary N) is 1. The maximum atomic E-state index is 12.6. The molecule has 0 aliphatic carbocycles. The van der Waals surface area contributed by atoms with Crippen molar-refractivity contribution in [3.8, 4) is 5.75 Å². The minimum atomic E-state index is -0.272. The topological polar surface area (TPSA) is 54.5 Å². The SMILES string of the molecule is CCN(Cc1ccccc1)c1ccc(C(=O)Nc2cc(Cl)ccc2OC)cn1. The van der Waals surface area contributed by atoms with Crippen molar-refractivity contribution in [2.45, 2.75) is 13.5 Å². The first-order valence-electron chi connectivity index (χ1n) is 9.00. The van der Waals surface area contributed by atoms with Crippen LogP contribution in [0.1, 0.15) is 22.8 Å². The third kappa shape index (κ3) is 4.81. The smallest absolute Gasteiger partial charge is 0.257 e. The number of ether oxygens (including phenoxy) is 1. The molecule has 0 atom stereocenters. The number of hydrogen-bond donors (Lipinski definition) is 1. The molecule has 0 fully saturated rings. The molecule has 0 spiro atoms. The Morgan fingerprint density at radius 2 is 1.93 bits per heavy atom. The molecule has 1 amide bonds. The van der Waals surface area contributed by atoms with Crippen LogP contribution < -0.4 is 15.0 Å². The molecule has 3 rings (SSSR count). The minimum Gasteiger partial charge on any atom is -0.495 e. The normalized spacial score (nSPS) is 10.4. The summed E-state index contributed by atoms with van der Waals surface area (Å²) in [4.78, 5) is 19.2. The summed E-state index contributed by atoms with van der Waals surface area (Å²) in [6.45, 7) is 3.65. The summed E-state index contributed by atoms with van der Waals surface area (Å²) in [5.41, 5.74) is 2.19. The fourth-order valence-electron chi connectivity index (χ4n) is 2.84. The van der Waals surface area contributed by atoms with E-state index in [1.165, 1.54) is 5.56 Å². The summed E-state index contributed by atoms with van der Waals surface area (Å²) in [5, 5.41) is 3.34. The number of aromatic nitrogens is 1. The molecule has 0 bridgehead atoms. The van der Waals surface area contributed by atoms with Gasteiger partial charge in [-0.3, -0.25) is 4.79 Å². The zero-order chi connectivity index (χ0) is 19.9. The molecular formula is C22H22ClN3O2. The van der Waals surface area contributed by atoms with E-state index in [9.17, 15) is 4.79 Å². The molecule has 3 aromatic rings. The molecule has 0 radical (unpaired) electrons. The van der Waals surface area contributed by atoms with E-state index in [1.807, 2.05) is 24.3 Å². The van der Waals surface area contributed by atoms with Crippen molar-refractivity contribution >= 4 is 29.0 Å². The Morgan fingerprint density at radius 1 is 1.14 bits per heavy atom. The summed E-state index contributed by atoms with van der Waals surface area (Å²) in [6, 6.07) is 18.9. The number of methoxy groups -OCH3 is 1. The number of carbonyl (C=O) groups is 1. The van der Waals surface area contributed by atoms with Crippen molar-refractivity contribution in [3.63, 3.8) is 0 Å². The van der Waals surface area contributed by atoms with E-state index >= 15 is 0 Å². The lowest BCUT2D eigenvalue weighted by molar-refractivity contribution is 0.102. The van der Waals surface area contributed by atoms with E-state index in [0.717, 1.165) is 18.9 Å². The summed E-state index contributed by atoms with van der Waals surface area (Å²) >= 11 is 6.02. The number of carbonyl (C=O) groups excluding carboxylic acids is 1. The molecule has 1 aromatic heterocycles. The van der Waals surface area contributed by atoms with Gasteiger partial charge in [-0.05, 0) is 42.8 Å². The van der Waals surface area contributed by atoms with Gasteiger partial charge in [-0.25, -0.2) is 4.98 Å². The molecule has 0 saturated heterocycles. The Bertz CT molecular complexity index is 930. The van der Waals surface area contributed by atoms with Crippen LogP contribution in [0.2, 0.25) is 5.02 Å². The van der Waals surface area contributed by atoms with Gasteiger partial charge in [0.25, 0.3) is 5.91 Å². The number of pyridine rings is 1. The van der Waals surface area contributed by atoms with Gasteiger partial charge in [-0.15, -0.1) is 0 Å². The van der Waals surface area contributed by atoms with E-state index in [2.05, 4.69) is 34.3 Å². The summed E-state index contributed by atoms with van der Waals surface area (Å²) in [5.74, 6) is 1.09. The minimum absolute atomic E-state index is 0.272. The number of hydrogen-bond acceptors (Lipinski definition) is 4. The van der Waals surface area contributed by atoms with Crippen LogP contribution in [0.4, 0.5) is 11.5 Å². The van der Waals surface area contributed by atoms with E-state index in [1.54, 1.807) is 37.6 Å². The predicted molar refractivity (Wildman–Crippen MR) is 113 cm³/mol. The van der Waals surface area contributed by atoms with Gasteiger partial charge in [-0.2, -0.15) is 0 Å². The summed E-state index contributed by atoms with van der Waals surface area (Å²) in [6.07, 6.45) is 1.58. The van der Waals surface area contributed by atoms with E-state index in [-0.39, 0.29) is 5.91 Å². The Hall–Kier alpha value is -3.05. The fraction of sp³-hybridized carbons (Fsp3) is 0.182. The molecule has 0 aliphatic heterocycles. The second-order valence-corrected chi connectivity index (χ2v) is 6.64. The monoisotopic (exact) mass is 395 g/mol. The Balaban J connectivity index is 1.72. The fourth-order valence-corrected chi connectivity index (χ4v) is 3.01. The first kappa shape index (κ1) is 19.7. The Labute approximate surface area is 169 Å². The summed E-state index contributed by atoms with van der Waals surface area (Å²) < 4.78 is 5.26. The number of rotatable bonds is 7. The first-order valence-corrected chi connectivity index (χ1v) is 9.38. The van der Waals surface area contributed by atoms with Crippen LogP contribution >= 0.6 is 11.6 Å². The molecule has 0 saturated carbocycles. The average molecular weight is 396 g/mol. The van der Waals surface area contributed by atoms with Gasteiger partial charge in [0, 0.05) is 24.3 Å². The lowest BCUT2D eigenvalue weighted by Crippen LogP contribution is -2.23. The van der Waals surface area contributed by atoms with Gasteiger partial charge in [0.2, 0.25) is 0 Å². The first-order chi connectivity index (χ1) is 13.6. The van der Waals surface area contributed by atoms with Crippen LogP contribution in [0.25, 0.3) is 0 Å². The zero-order valence-corrected chi connectivity index (χ0v) is 16.6. The lowest BCUT2D eigenvalue weighted by Gasteiger charge is -2.22. The number of anilines is 2. The third-order valence-corrected chi connectivity index (χ3v) is 4.58. The number of benzene rings is 2. The second-order valence-electron chi connectivity index (χ2n) is 6.20. The van der Waals surface area contributed by atoms with Crippen molar-refractivity contribution in [1.29, 1.82) is 0 Å². The van der Waals surface area contributed by atoms with Crippen molar-refractivity contribution in [3.05, 3.63) is 83.0 Å². The van der Waals surface area contributed by atoms with E-state index in [4.69, 9.17) is 16.3 Å². The Kier molecular flexibility index (Phi) is 6.50. The van der Waals surface area contributed by atoms with Crippen LogP contribution in [-0.2, 0) is 6.54 Å². The highest BCUT2D eigenvalue weighted by atomic mass is 35.5. The van der Waals surface area contributed by atoms with Gasteiger partial charge in [0.05, 0.1) is 18.4 Å². The standard InChI is InChI=1S/C22H22ClN3O2/c1-3-26(15-16-7-5-4-6-8-16)21-12-9-17(14-24-21)22(27)25-19-13-18(23)10-11-20(19)28-2/h4-14H,3,15H2,1-2H3,(H,25,27). The molecule has 144 valence electrons. The van der Waals surface area contributed by atoms with Crippen LogP contribution in [0.3, 0.4) is 0 Å². The molecule has 1 heterocycles. The molecule has 2 aromatic carbocycles. The molecule has 6 heteroatoms. The van der Waals surface area contributed by atoms with Crippen LogP contribution in [0.15, 0.2) is 66.9 Å². The number of amides is 1. The van der Waals surface area contributed by atoms with Crippen LogP contribution in [0, 0.1) is 0 Å². The Morgan fingerprint density at radius 3 is 2.57 bits per heavy atom. The van der Waals surface area contributed by atoms with Gasteiger partial charge in [-0.1, -0.05) is 41.9 Å². The molecule has 0 unspecified atom stereocenters. The van der Waals surface area contributed by atoms with Gasteiger partial charge in [0.1, 0.15) is 11.6 Å². The lowest BCUT2D eigenvalue weighted by atomic mass is 10.2. The number of halogens is 1. The molecule has 0 aliphatic rings. The molecular weight excluding hydrogens is 374 g/mol. The quantitative estimate of drug-likeness (QED) is 0.610.